The summed E-state index contributed by atoms with van der Waals surface area (Å²) in [4.78, 5) is 0. The van der Waals surface area contributed by atoms with E-state index in [-0.39, 0.29) is 29.1 Å². The summed E-state index contributed by atoms with van der Waals surface area (Å²) in [5.74, 6) is 0.0786. The van der Waals surface area contributed by atoms with Crippen LogP contribution < -0.4 is 5.01 Å². The lowest BCUT2D eigenvalue weighted by molar-refractivity contribution is -0.0558. The van der Waals surface area contributed by atoms with Crippen LogP contribution in [0.2, 0.25) is 0 Å². The summed E-state index contributed by atoms with van der Waals surface area (Å²) in [6.45, 7) is 2.35. The molecule has 3 aliphatic rings. The molecule has 1 fully saturated rings. The molecule has 2 aromatic carbocycles. The number of anilines is 1. The SMILES string of the molecule is C[C@]12CC3C=NN(c4ccc(F)cc4)C3C=C1CCC[C@@H]2C(O)(c1ccccc1)c1ccsc1. The van der Waals surface area contributed by atoms with Crippen LogP contribution in [0.1, 0.15) is 43.7 Å². The minimum Gasteiger partial charge on any atom is -0.380 e. The van der Waals surface area contributed by atoms with Gasteiger partial charge >= 0.3 is 0 Å². The van der Waals surface area contributed by atoms with Gasteiger partial charge in [-0.3, -0.25) is 5.01 Å². The van der Waals surface area contributed by atoms with Gasteiger partial charge in [0.1, 0.15) is 11.4 Å². The Hall–Kier alpha value is -2.76. The molecule has 5 atom stereocenters. The number of hydrogen-bond acceptors (Lipinski definition) is 4. The number of allylic oxidation sites excluding steroid dienone is 1. The van der Waals surface area contributed by atoms with Crippen molar-refractivity contribution >= 4 is 23.2 Å². The molecule has 34 heavy (non-hydrogen) atoms. The van der Waals surface area contributed by atoms with E-state index in [1.807, 2.05) is 23.2 Å². The molecule has 6 rings (SSSR count). The Morgan fingerprint density at radius 3 is 2.62 bits per heavy atom. The van der Waals surface area contributed by atoms with Crippen LogP contribution in [0.4, 0.5) is 10.1 Å². The van der Waals surface area contributed by atoms with Crippen LogP contribution in [0, 0.1) is 23.1 Å². The predicted molar refractivity (Wildman–Crippen MR) is 137 cm³/mol. The van der Waals surface area contributed by atoms with Gasteiger partial charge in [0.15, 0.2) is 0 Å². The first kappa shape index (κ1) is 21.8. The Bertz CT molecular complexity index is 1220. The van der Waals surface area contributed by atoms with Gasteiger partial charge in [-0.25, -0.2) is 4.39 Å². The zero-order valence-corrected chi connectivity index (χ0v) is 20.1. The van der Waals surface area contributed by atoms with Crippen molar-refractivity contribution in [2.45, 2.75) is 44.2 Å². The van der Waals surface area contributed by atoms with Gasteiger partial charge in [-0.15, -0.1) is 0 Å². The van der Waals surface area contributed by atoms with E-state index in [0.29, 0.717) is 0 Å². The molecule has 1 saturated carbocycles. The van der Waals surface area contributed by atoms with E-state index < -0.39 is 5.60 Å². The second-order valence-electron chi connectivity index (χ2n) is 10.1. The summed E-state index contributed by atoms with van der Waals surface area (Å²) in [6, 6.07) is 19.0. The molecule has 0 amide bonds. The van der Waals surface area contributed by atoms with Gasteiger partial charge in [0.05, 0.1) is 11.7 Å². The van der Waals surface area contributed by atoms with E-state index in [9.17, 15) is 9.50 Å². The predicted octanol–water partition coefficient (Wildman–Crippen LogP) is 6.75. The van der Waals surface area contributed by atoms with E-state index in [1.165, 1.54) is 17.7 Å². The molecule has 0 bridgehead atoms. The molecular weight excluding hydrogens is 443 g/mol. The standard InChI is InChI=1S/C29H29FN2OS/c1-28-17-20-18-31-32(25-12-10-24(30)11-13-25)26(20)16-22(28)8-5-9-27(28)29(33,23-14-15-34-19-23)21-6-3-2-4-7-21/h2-4,6-7,10-16,18-20,26-27,33H,5,8-9,17H2,1H3/t20?,26?,27-,28-,29?/m0/s1. The number of hydrazone groups is 1. The first-order valence-corrected chi connectivity index (χ1v) is 13.0. The largest absolute Gasteiger partial charge is 0.380 e. The van der Waals surface area contributed by atoms with E-state index in [0.717, 1.165) is 42.5 Å². The maximum atomic E-state index is 13.5. The van der Waals surface area contributed by atoms with Gasteiger partial charge in [-0.2, -0.15) is 16.4 Å². The van der Waals surface area contributed by atoms with Crippen LogP contribution in [-0.2, 0) is 5.60 Å². The highest BCUT2D eigenvalue weighted by Gasteiger charge is 2.56. The minimum absolute atomic E-state index is 0.0613. The highest BCUT2D eigenvalue weighted by atomic mass is 32.1. The molecule has 1 aromatic heterocycles. The first-order chi connectivity index (χ1) is 16.5. The van der Waals surface area contributed by atoms with Gasteiger partial charge < -0.3 is 5.11 Å². The third-order valence-electron chi connectivity index (χ3n) is 8.35. The molecule has 174 valence electrons. The molecular formula is C29H29FN2OS. The first-order valence-electron chi connectivity index (χ1n) is 12.1. The number of aliphatic hydroxyl groups is 1. The Morgan fingerprint density at radius 1 is 1.09 bits per heavy atom. The van der Waals surface area contributed by atoms with Crippen molar-refractivity contribution in [3.8, 4) is 0 Å². The Labute approximate surface area is 204 Å². The van der Waals surface area contributed by atoms with Gasteiger partial charge in [0.25, 0.3) is 0 Å². The Balaban J connectivity index is 1.42. The molecule has 1 N–H and O–H groups in total. The molecule has 0 saturated heterocycles. The van der Waals surface area contributed by atoms with E-state index in [1.54, 1.807) is 23.5 Å². The number of nitrogens with zero attached hydrogens (tertiary/aromatic N) is 2. The van der Waals surface area contributed by atoms with Crippen LogP contribution >= 0.6 is 11.3 Å². The highest BCUT2D eigenvalue weighted by molar-refractivity contribution is 7.08. The summed E-state index contributed by atoms with van der Waals surface area (Å²) >= 11 is 1.64. The monoisotopic (exact) mass is 472 g/mol. The molecule has 1 aliphatic heterocycles. The van der Waals surface area contributed by atoms with Crippen molar-refractivity contribution in [3.63, 3.8) is 0 Å². The van der Waals surface area contributed by atoms with E-state index in [4.69, 9.17) is 5.10 Å². The van der Waals surface area contributed by atoms with Crippen molar-refractivity contribution < 1.29 is 9.50 Å². The van der Waals surface area contributed by atoms with Crippen molar-refractivity contribution in [1.82, 2.24) is 0 Å². The molecule has 0 spiro atoms. The lowest BCUT2D eigenvalue weighted by Gasteiger charge is -2.54. The summed E-state index contributed by atoms with van der Waals surface area (Å²) in [6.07, 6.45) is 8.47. The van der Waals surface area contributed by atoms with Crippen molar-refractivity contribution in [2.75, 3.05) is 5.01 Å². The number of benzene rings is 2. The summed E-state index contributed by atoms with van der Waals surface area (Å²) < 4.78 is 13.5. The van der Waals surface area contributed by atoms with Gasteiger partial charge in [-0.1, -0.05) is 48.9 Å². The smallest absolute Gasteiger partial charge is 0.123 e. The third-order valence-corrected chi connectivity index (χ3v) is 9.03. The Morgan fingerprint density at radius 2 is 1.88 bits per heavy atom. The molecule has 5 heteroatoms. The van der Waals surface area contributed by atoms with Crippen molar-refractivity contribution in [3.05, 3.63) is 100 Å². The van der Waals surface area contributed by atoms with Crippen LogP contribution in [-0.4, -0.2) is 17.4 Å². The van der Waals surface area contributed by atoms with Gasteiger partial charge in [-0.05, 0) is 83.3 Å². The minimum atomic E-state index is -1.05. The molecule has 2 aliphatic carbocycles. The summed E-state index contributed by atoms with van der Waals surface area (Å²) in [5, 5.41) is 23.5. The third kappa shape index (κ3) is 3.29. The average molecular weight is 473 g/mol. The Kier molecular flexibility index (Phi) is 5.23. The van der Waals surface area contributed by atoms with Crippen molar-refractivity contribution in [2.24, 2.45) is 22.4 Å². The van der Waals surface area contributed by atoms with Crippen LogP contribution in [0.5, 0.6) is 0 Å². The highest BCUT2D eigenvalue weighted by Crippen LogP contribution is 2.60. The maximum Gasteiger partial charge on any atom is 0.123 e. The summed E-state index contributed by atoms with van der Waals surface area (Å²) in [5.41, 5.74) is 3.11. The number of hydrogen-bond donors (Lipinski definition) is 1. The zero-order chi connectivity index (χ0) is 23.3. The topological polar surface area (TPSA) is 35.8 Å². The van der Waals surface area contributed by atoms with E-state index in [2.05, 4.69) is 48.2 Å². The normalized spacial score (nSPS) is 29.8. The average Bonchev–Trinajstić information content (AvgIpc) is 3.53. The second kappa shape index (κ2) is 8.17. The number of halogens is 1. The fourth-order valence-electron chi connectivity index (χ4n) is 6.68. The van der Waals surface area contributed by atoms with Crippen LogP contribution in [0.15, 0.2) is 88.2 Å². The van der Waals surface area contributed by atoms with E-state index >= 15 is 0 Å². The maximum absolute atomic E-state index is 13.5. The number of rotatable bonds is 4. The number of fused-ring (bicyclic) bond motifs is 2. The van der Waals surface area contributed by atoms with Crippen LogP contribution in [0.3, 0.4) is 0 Å². The molecule has 3 aromatic rings. The molecule has 3 unspecified atom stereocenters. The van der Waals surface area contributed by atoms with Crippen LogP contribution in [0.25, 0.3) is 0 Å². The van der Waals surface area contributed by atoms with Crippen molar-refractivity contribution in [1.29, 1.82) is 0 Å². The quantitative estimate of drug-likeness (QED) is 0.426. The fourth-order valence-corrected chi connectivity index (χ4v) is 7.39. The molecule has 0 radical (unpaired) electrons. The molecule has 3 nitrogen and oxygen atoms in total. The molecule has 2 heterocycles. The number of thiophene rings is 1. The summed E-state index contributed by atoms with van der Waals surface area (Å²) in [7, 11) is 0. The lowest BCUT2D eigenvalue weighted by Crippen LogP contribution is -2.51. The van der Waals surface area contributed by atoms with Gasteiger partial charge in [0.2, 0.25) is 0 Å². The second-order valence-corrected chi connectivity index (χ2v) is 10.9. The fraction of sp³-hybridized carbons (Fsp3) is 0.345. The lowest BCUT2D eigenvalue weighted by atomic mass is 9.52. The van der Waals surface area contributed by atoms with Gasteiger partial charge in [0, 0.05) is 18.1 Å². The zero-order valence-electron chi connectivity index (χ0n) is 19.3.